The van der Waals surface area contributed by atoms with Crippen molar-refractivity contribution in [3.8, 4) is 22.5 Å². The molecule has 3 heterocycles. The van der Waals surface area contributed by atoms with Crippen molar-refractivity contribution in [2.45, 2.75) is 52.6 Å². The summed E-state index contributed by atoms with van der Waals surface area (Å²) < 4.78 is 1.80. The molecule has 34 heavy (non-hydrogen) atoms. The SMILES string of the molecule is CNC(C)C(=O)N(C)C(C)c1ccc(-c2[nH]nc(-c3cc(C)c4ncnn4c3)c2C(C)C)cc1. The number of rotatable bonds is 7. The molecule has 178 valence electrons. The number of benzene rings is 1. The van der Waals surface area contributed by atoms with Gasteiger partial charge in [-0.25, -0.2) is 9.50 Å². The maximum atomic E-state index is 12.6. The smallest absolute Gasteiger partial charge is 0.239 e. The van der Waals surface area contributed by atoms with Crippen molar-refractivity contribution in [3.63, 3.8) is 0 Å². The van der Waals surface area contributed by atoms with Crippen LogP contribution < -0.4 is 5.32 Å². The van der Waals surface area contributed by atoms with Gasteiger partial charge in [-0.05, 0) is 56.5 Å². The number of hydrogen-bond acceptors (Lipinski definition) is 5. The second kappa shape index (κ2) is 9.38. The van der Waals surface area contributed by atoms with Crippen LogP contribution in [0.25, 0.3) is 28.2 Å². The summed E-state index contributed by atoms with van der Waals surface area (Å²) in [6.07, 6.45) is 3.54. The lowest BCUT2D eigenvalue weighted by molar-refractivity contribution is -0.133. The Hall–Kier alpha value is -3.52. The van der Waals surface area contributed by atoms with Crippen LogP contribution in [0.4, 0.5) is 0 Å². The Bertz CT molecular complexity index is 1300. The number of nitrogens with one attached hydrogen (secondary N) is 2. The van der Waals surface area contributed by atoms with Gasteiger partial charge in [0.1, 0.15) is 6.33 Å². The molecule has 2 N–H and O–H groups in total. The highest BCUT2D eigenvalue weighted by Gasteiger charge is 2.23. The molecule has 1 aromatic carbocycles. The number of hydrogen-bond donors (Lipinski definition) is 2. The number of likely N-dealkylation sites (N-methyl/N-ethyl adjacent to an activating group) is 2. The average molecular weight is 460 g/mol. The molecule has 0 saturated carbocycles. The number of aryl methyl sites for hydroxylation is 1. The van der Waals surface area contributed by atoms with Gasteiger partial charge in [-0.1, -0.05) is 38.1 Å². The summed E-state index contributed by atoms with van der Waals surface area (Å²) in [4.78, 5) is 18.7. The second-order valence-electron chi connectivity index (χ2n) is 9.21. The molecule has 0 aliphatic rings. The van der Waals surface area contributed by atoms with Gasteiger partial charge in [0.05, 0.1) is 23.5 Å². The Morgan fingerprint density at radius 2 is 1.82 bits per heavy atom. The van der Waals surface area contributed by atoms with E-state index < -0.39 is 0 Å². The third-order valence-electron chi connectivity index (χ3n) is 6.63. The molecule has 0 bridgehead atoms. The number of carbonyl (C=O) groups is 1. The zero-order chi connectivity index (χ0) is 24.6. The van der Waals surface area contributed by atoms with E-state index in [1.165, 1.54) is 0 Å². The maximum absolute atomic E-state index is 12.6. The van der Waals surface area contributed by atoms with E-state index in [0.29, 0.717) is 0 Å². The predicted molar refractivity (Wildman–Crippen MR) is 135 cm³/mol. The minimum atomic E-state index is -0.218. The normalized spacial score (nSPS) is 13.4. The van der Waals surface area contributed by atoms with Crippen LogP contribution in [0.15, 0.2) is 42.9 Å². The average Bonchev–Trinajstić information content (AvgIpc) is 3.50. The number of H-pyrrole nitrogens is 1. The van der Waals surface area contributed by atoms with E-state index in [1.807, 2.05) is 34.0 Å². The van der Waals surface area contributed by atoms with Gasteiger partial charge in [0, 0.05) is 24.4 Å². The molecule has 0 saturated heterocycles. The van der Waals surface area contributed by atoms with E-state index in [1.54, 1.807) is 22.8 Å². The van der Waals surface area contributed by atoms with Crippen LogP contribution in [0, 0.1) is 6.92 Å². The quantitative estimate of drug-likeness (QED) is 0.429. The van der Waals surface area contributed by atoms with Crippen molar-refractivity contribution in [3.05, 3.63) is 59.5 Å². The molecule has 0 aliphatic heterocycles. The van der Waals surface area contributed by atoms with Gasteiger partial charge < -0.3 is 10.2 Å². The van der Waals surface area contributed by atoms with Gasteiger partial charge in [-0.3, -0.25) is 9.89 Å². The van der Waals surface area contributed by atoms with Crippen LogP contribution >= 0.6 is 0 Å². The van der Waals surface area contributed by atoms with Crippen molar-refractivity contribution < 1.29 is 4.79 Å². The summed E-state index contributed by atoms with van der Waals surface area (Å²) in [5.74, 6) is 0.333. The Labute approximate surface area is 200 Å². The Morgan fingerprint density at radius 1 is 1.12 bits per heavy atom. The highest BCUT2D eigenvalue weighted by Crippen LogP contribution is 2.36. The number of fused-ring (bicyclic) bond motifs is 1. The molecule has 1 amide bonds. The Kier molecular flexibility index (Phi) is 6.52. The van der Waals surface area contributed by atoms with E-state index in [4.69, 9.17) is 5.10 Å². The molecule has 8 heteroatoms. The molecule has 4 rings (SSSR count). The van der Waals surface area contributed by atoms with Gasteiger partial charge in [0.15, 0.2) is 5.65 Å². The predicted octanol–water partition coefficient (Wildman–Crippen LogP) is 4.35. The first-order valence-electron chi connectivity index (χ1n) is 11.7. The second-order valence-corrected chi connectivity index (χ2v) is 9.21. The number of aromatic amines is 1. The number of pyridine rings is 1. The summed E-state index contributed by atoms with van der Waals surface area (Å²) in [6, 6.07) is 10.2. The molecule has 0 aliphatic carbocycles. The molecule has 4 aromatic rings. The third-order valence-corrected chi connectivity index (χ3v) is 6.63. The summed E-state index contributed by atoms with van der Waals surface area (Å²) in [7, 11) is 3.65. The molecular formula is C26H33N7O. The van der Waals surface area contributed by atoms with Crippen LogP contribution in [0.2, 0.25) is 0 Å². The van der Waals surface area contributed by atoms with Gasteiger partial charge in [0.2, 0.25) is 5.91 Å². The molecule has 8 nitrogen and oxygen atoms in total. The highest BCUT2D eigenvalue weighted by atomic mass is 16.2. The van der Waals surface area contributed by atoms with Crippen LogP contribution in [-0.4, -0.2) is 55.7 Å². The van der Waals surface area contributed by atoms with Crippen molar-refractivity contribution >= 4 is 11.6 Å². The van der Waals surface area contributed by atoms with Crippen molar-refractivity contribution in [2.24, 2.45) is 0 Å². The van der Waals surface area contributed by atoms with E-state index >= 15 is 0 Å². The molecule has 2 atom stereocenters. The maximum Gasteiger partial charge on any atom is 0.239 e. The van der Waals surface area contributed by atoms with Crippen LogP contribution in [0.3, 0.4) is 0 Å². The fourth-order valence-electron chi connectivity index (χ4n) is 4.35. The van der Waals surface area contributed by atoms with Crippen molar-refractivity contribution in [1.29, 1.82) is 0 Å². The molecule has 0 radical (unpaired) electrons. The minimum absolute atomic E-state index is 0.0309. The first-order chi connectivity index (χ1) is 16.2. The van der Waals surface area contributed by atoms with E-state index in [0.717, 1.165) is 44.9 Å². The zero-order valence-corrected chi connectivity index (χ0v) is 20.9. The van der Waals surface area contributed by atoms with E-state index in [2.05, 4.69) is 64.7 Å². The summed E-state index contributed by atoms with van der Waals surface area (Å²) >= 11 is 0. The Morgan fingerprint density at radius 3 is 2.47 bits per heavy atom. The van der Waals surface area contributed by atoms with Crippen molar-refractivity contribution in [2.75, 3.05) is 14.1 Å². The van der Waals surface area contributed by atoms with Gasteiger partial charge in [0.25, 0.3) is 0 Å². The molecule has 0 fully saturated rings. The number of nitrogens with zero attached hydrogens (tertiary/aromatic N) is 5. The lowest BCUT2D eigenvalue weighted by atomic mass is 9.93. The summed E-state index contributed by atoms with van der Waals surface area (Å²) in [5, 5.41) is 15.3. The summed E-state index contributed by atoms with van der Waals surface area (Å²) in [5.41, 5.74) is 8.15. The third kappa shape index (κ3) is 4.21. The number of aromatic nitrogens is 5. The fourth-order valence-corrected chi connectivity index (χ4v) is 4.35. The standard InChI is InChI=1S/C26H33N7O/c1-15(2)22-23(30-31-24(22)21-12-16(3)25-28-14-29-33(25)13-21)20-10-8-19(9-11-20)18(5)32(7)26(34)17(4)27-6/h8-15,17-18,27H,1-7H3,(H,30,31). The van der Waals surface area contributed by atoms with Crippen molar-refractivity contribution in [1.82, 2.24) is 35.0 Å². The number of carbonyl (C=O) groups excluding carboxylic acids is 1. The molecule has 2 unspecified atom stereocenters. The number of amides is 1. The topological polar surface area (TPSA) is 91.2 Å². The fraction of sp³-hybridized carbons (Fsp3) is 0.385. The van der Waals surface area contributed by atoms with Crippen LogP contribution in [0.5, 0.6) is 0 Å². The first-order valence-corrected chi connectivity index (χ1v) is 11.7. The van der Waals surface area contributed by atoms with Crippen LogP contribution in [0.1, 0.15) is 56.3 Å². The lowest BCUT2D eigenvalue weighted by Gasteiger charge is -2.28. The van der Waals surface area contributed by atoms with E-state index in [9.17, 15) is 4.79 Å². The monoisotopic (exact) mass is 459 g/mol. The summed E-state index contributed by atoms with van der Waals surface area (Å²) in [6.45, 7) is 10.3. The van der Waals surface area contributed by atoms with Gasteiger partial charge >= 0.3 is 0 Å². The van der Waals surface area contributed by atoms with Crippen LogP contribution in [-0.2, 0) is 4.79 Å². The van der Waals surface area contributed by atoms with Gasteiger partial charge in [-0.15, -0.1) is 0 Å². The zero-order valence-electron chi connectivity index (χ0n) is 20.9. The Balaban J connectivity index is 1.67. The van der Waals surface area contributed by atoms with Gasteiger partial charge in [-0.2, -0.15) is 10.2 Å². The first kappa shape index (κ1) is 23.6. The lowest BCUT2D eigenvalue weighted by Crippen LogP contribution is -2.42. The molecular weight excluding hydrogens is 426 g/mol. The largest absolute Gasteiger partial charge is 0.338 e. The molecule has 0 spiro atoms. The minimum Gasteiger partial charge on any atom is -0.338 e. The highest BCUT2D eigenvalue weighted by molar-refractivity contribution is 5.81. The molecule has 3 aromatic heterocycles. The van der Waals surface area contributed by atoms with E-state index in [-0.39, 0.29) is 23.9 Å².